The fourth-order valence-electron chi connectivity index (χ4n) is 1.32. The summed E-state index contributed by atoms with van der Waals surface area (Å²) in [5, 5.41) is 8.99. The Morgan fingerprint density at radius 1 is 1.58 bits per heavy atom. The molecular weight excluding hydrogens is 152 g/mol. The van der Waals surface area contributed by atoms with Gasteiger partial charge in [-0.1, -0.05) is 6.07 Å². The van der Waals surface area contributed by atoms with Crippen LogP contribution >= 0.6 is 0 Å². The number of aliphatic hydroxyl groups is 1. The van der Waals surface area contributed by atoms with Gasteiger partial charge in [0.05, 0.1) is 6.61 Å². The summed E-state index contributed by atoms with van der Waals surface area (Å²) in [6, 6.07) is 3.79. The average molecular weight is 162 g/mol. The van der Waals surface area contributed by atoms with Crippen LogP contribution in [0.1, 0.15) is 11.3 Å². The molecule has 2 aromatic heterocycles. The van der Waals surface area contributed by atoms with E-state index in [2.05, 4.69) is 4.98 Å². The Morgan fingerprint density at radius 2 is 2.42 bits per heavy atom. The maximum absolute atomic E-state index is 8.99. The second-order valence-corrected chi connectivity index (χ2v) is 2.78. The fourth-order valence-corrected chi connectivity index (χ4v) is 1.32. The predicted molar refractivity (Wildman–Crippen MR) is 45.9 cm³/mol. The zero-order chi connectivity index (χ0) is 8.55. The Labute approximate surface area is 70.3 Å². The van der Waals surface area contributed by atoms with Crippen molar-refractivity contribution in [3.05, 3.63) is 35.8 Å². The van der Waals surface area contributed by atoms with E-state index in [9.17, 15) is 0 Å². The Hall–Kier alpha value is -1.35. The van der Waals surface area contributed by atoms with E-state index in [1.54, 1.807) is 6.20 Å². The molecule has 1 N–H and O–H groups in total. The first-order valence-electron chi connectivity index (χ1n) is 3.85. The van der Waals surface area contributed by atoms with Crippen LogP contribution in [-0.4, -0.2) is 14.5 Å². The van der Waals surface area contributed by atoms with Gasteiger partial charge < -0.3 is 9.51 Å². The number of aromatic nitrogens is 2. The first-order chi connectivity index (χ1) is 5.83. The van der Waals surface area contributed by atoms with Crippen molar-refractivity contribution in [1.29, 1.82) is 0 Å². The van der Waals surface area contributed by atoms with Gasteiger partial charge in [-0.15, -0.1) is 0 Å². The third-order valence-corrected chi connectivity index (χ3v) is 1.97. The summed E-state index contributed by atoms with van der Waals surface area (Å²) in [7, 11) is 0. The monoisotopic (exact) mass is 162 g/mol. The van der Waals surface area contributed by atoms with E-state index in [4.69, 9.17) is 5.11 Å². The minimum atomic E-state index is 0.0425. The van der Waals surface area contributed by atoms with E-state index in [0.29, 0.717) is 0 Å². The molecule has 0 atom stereocenters. The minimum Gasteiger partial charge on any atom is -0.392 e. The number of hydrogen-bond donors (Lipinski definition) is 1. The van der Waals surface area contributed by atoms with Gasteiger partial charge in [-0.05, 0) is 13.0 Å². The van der Waals surface area contributed by atoms with Gasteiger partial charge in [-0.2, -0.15) is 0 Å². The molecule has 0 unspecified atom stereocenters. The summed E-state index contributed by atoms with van der Waals surface area (Å²) in [6.07, 6.45) is 3.74. The molecule has 0 aliphatic carbocycles. The number of aryl methyl sites for hydroxylation is 1. The molecule has 2 rings (SSSR count). The summed E-state index contributed by atoms with van der Waals surface area (Å²) < 4.78 is 1.96. The Balaban J connectivity index is 2.81. The van der Waals surface area contributed by atoms with Crippen LogP contribution in [0.5, 0.6) is 0 Å². The van der Waals surface area contributed by atoms with E-state index in [-0.39, 0.29) is 6.61 Å². The third-order valence-electron chi connectivity index (χ3n) is 1.97. The number of pyridine rings is 1. The first-order valence-corrected chi connectivity index (χ1v) is 3.85. The molecule has 0 bridgehead atoms. The summed E-state index contributed by atoms with van der Waals surface area (Å²) in [4.78, 5) is 4.19. The van der Waals surface area contributed by atoms with Crippen LogP contribution in [0, 0.1) is 6.92 Å². The lowest BCUT2D eigenvalue weighted by Gasteiger charge is -1.99. The standard InChI is InChI=1S/C9H10N2O/c1-7-5-10-9-8(6-12)3-2-4-11(7)9/h2-5,12H,6H2,1H3. The second-order valence-electron chi connectivity index (χ2n) is 2.78. The van der Waals surface area contributed by atoms with Gasteiger partial charge in [0.15, 0.2) is 0 Å². The number of imidazole rings is 1. The Bertz CT molecular complexity index is 406. The summed E-state index contributed by atoms with van der Waals surface area (Å²) in [5.74, 6) is 0. The van der Waals surface area contributed by atoms with Crippen molar-refractivity contribution < 1.29 is 5.11 Å². The van der Waals surface area contributed by atoms with Crippen LogP contribution in [0.15, 0.2) is 24.5 Å². The lowest BCUT2D eigenvalue weighted by atomic mass is 10.3. The largest absolute Gasteiger partial charge is 0.392 e. The molecule has 62 valence electrons. The van der Waals surface area contributed by atoms with Gasteiger partial charge in [0.2, 0.25) is 0 Å². The summed E-state index contributed by atoms with van der Waals surface area (Å²) >= 11 is 0. The number of nitrogens with zero attached hydrogens (tertiary/aromatic N) is 2. The maximum Gasteiger partial charge on any atom is 0.142 e. The first kappa shape index (κ1) is 7.31. The van der Waals surface area contributed by atoms with Crippen LogP contribution in [0.3, 0.4) is 0 Å². The molecule has 12 heavy (non-hydrogen) atoms. The predicted octanol–water partition coefficient (Wildman–Crippen LogP) is 1.14. The highest BCUT2D eigenvalue weighted by Gasteiger charge is 2.02. The third kappa shape index (κ3) is 0.905. The lowest BCUT2D eigenvalue weighted by molar-refractivity contribution is 0.282. The van der Waals surface area contributed by atoms with Crippen molar-refractivity contribution in [2.24, 2.45) is 0 Å². The van der Waals surface area contributed by atoms with Gasteiger partial charge in [-0.3, -0.25) is 0 Å². The smallest absolute Gasteiger partial charge is 0.142 e. The highest BCUT2D eigenvalue weighted by atomic mass is 16.3. The van der Waals surface area contributed by atoms with E-state index in [1.165, 1.54) is 0 Å². The average Bonchev–Trinajstić information content (AvgIpc) is 2.48. The second kappa shape index (κ2) is 2.60. The van der Waals surface area contributed by atoms with Crippen LogP contribution in [-0.2, 0) is 6.61 Å². The highest BCUT2D eigenvalue weighted by molar-refractivity contribution is 5.48. The molecule has 3 nitrogen and oxygen atoms in total. The van der Waals surface area contributed by atoms with Crippen molar-refractivity contribution in [1.82, 2.24) is 9.38 Å². The van der Waals surface area contributed by atoms with Gasteiger partial charge >= 0.3 is 0 Å². The quantitative estimate of drug-likeness (QED) is 0.682. The zero-order valence-corrected chi connectivity index (χ0v) is 6.86. The van der Waals surface area contributed by atoms with Crippen LogP contribution in [0.25, 0.3) is 5.65 Å². The molecule has 2 heterocycles. The molecule has 0 radical (unpaired) electrons. The van der Waals surface area contributed by atoms with E-state index < -0.39 is 0 Å². The molecule has 2 aromatic rings. The lowest BCUT2D eigenvalue weighted by Crippen LogP contribution is -1.92. The van der Waals surface area contributed by atoms with E-state index in [0.717, 1.165) is 16.9 Å². The zero-order valence-electron chi connectivity index (χ0n) is 6.86. The van der Waals surface area contributed by atoms with Gasteiger partial charge in [0, 0.05) is 23.7 Å². The molecule has 3 heteroatoms. The summed E-state index contributed by atoms with van der Waals surface area (Å²) in [6.45, 7) is 2.03. The van der Waals surface area contributed by atoms with Crippen molar-refractivity contribution in [3.8, 4) is 0 Å². The van der Waals surface area contributed by atoms with Crippen molar-refractivity contribution in [2.45, 2.75) is 13.5 Å². The van der Waals surface area contributed by atoms with Crippen LogP contribution in [0.4, 0.5) is 0 Å². The Kier molecular flexibility index (Phi) is 1.59. The molecule has 0 aromatic carbocycles. The summed E-state index contributed by atoms with van der Waals surface area (Å²) in [5.41, 5.74) is 2.79. The van der Waals surface area contributed by atoms with E-state index >= 15 is 0 Å². The normalized spacial score (nSPS) is 10.8. The van der Waals surface area contributed by atoms with Crippen molar-refractivity contribution in [2.75, 3.05) is 0 Å². The molecule has 0 saturated carbocycles. The van der Waals surface area contributed by atoms with Gasteiger partial charge in [0.25, 0.3) is 0 Å². The van der Waals surface area contributed by atoms with Crippen molar-refractivity contribution >= 4 is 5.65 Å². The van der Waals surface area contributed by atoms with Gasteiger partial charge in [0.1, 0.15) is 5.65 Å². The molecule has 0 amide bonds. The maximum atomic E-state index is 8.99. The number of aliphatic hydroxyl groups excluding tert-OH is 1. The van der Waals surface area contributed by atoms with E-state index in [1.807, 2.05) is 29.7 Å². The Morgan fingerprint density at radius 3 is 3.17 bits per heavy atom. The van der Waals surface area contributed by atoms with Crippen LogP contribution < -0.4 is 0 Å². The van der Waals surface area contributed by atoms with Gasteiger partial charge in [-0.25, -0.2) is 4.98 Å². The molecule has 0 aliphatic rings. The molecule has 0 aliphatic heterocycles. The SMILES string of the molecule is Cc1cnc2c(CO)cccn12. The number of fused-ring (bicyclic) bond motifs is 1. The van der Waals surface area contributed by atoms with Crippen molar-refractivity contribution in [3.63, 3.8) is 0 Å². The molecule has 0 fully saturated rings. The number of hydrogen-bond acceptors (Lipinski definition) is 2. The fraction of sp³-hybridized carbons (Fsp3) is 0.222. The topological polar surface area (TPSA) is 37.5 Å². The van der Waals surface area contributed by atoms with Crippen LogP contribution in [0.2, 0.25) is 0 Å². The molecule has 0 spiro atoms. The molecule has 0 saturated heterocycles. The minimum absolute atomic E-state index is 0.0425. The molecular formula is C9H10N2O. The highest BCUT2D eigenvalue weighted by Crippen LogP contribution is 2.10. The number of rotatable bonds is 1.